The lowest BCUT2D eigenvalue weighted by molar-refractivity contribution is 0.746. The zero-order valence-corrected chi connectivity index (χ0v) is 11.2. The van der Waals surface area contributed by atoms with Crippen LogP contribution in [-0.2, 0) is 13.5 Å². The molecule has 96 valence electrons. The second kappa shape index (κ2) is 5.03. The Morgan fingerprint density at radius 2 is 2.17 bits per heavy atom. The summed E-state index contributed by atoms with van der Waals surface area (Å²) in [6, 6.07) is 0. The van der Waals surface area contributed by atoms with Crippen molar-refractivity contribution in [1.29, 1.82) is 0 Å². The molecule has 0 fully saturated rings. The Bertz CT molecular complexity index is 545. The summed E-state index contributed by atoms with van der Waals surface area (Å²) in [5.41, 5.74) is 3.02. The number of hydrogen-bond donors (Lipinski definition) is 2. The molecule has 2 aromatic rings. The monoisotopic (exact) mass is 246 g/mol. The highest BCUT2D eigenvalue weighted by molar-refractivity contribution is 5.61. The van der Waals surface area contributed by atoms with Crippen LogP contribution in [0.2, 0.25) is 0 Å². The largest absolute Gasteiger partial charge is 0.357 e. The minimum atomic E-state index is 0.602. The standard InChI is InChI=1S/C12H18N6/c1-5-9-10(7-18(4)17-9)15-11-8(2)6-14-12(13-3)16-11/h6-7H,5H2,1-4H3,(H2,13,14,15,16). The predicted molar refractivity (Wildman–Crippen MR) is 72.2 cm³/mol. The Kier molecular flexibility index (Phi) is 3.45. The van der Waals surface area contributed by atoms with Crippen LogP contribution in [0.4, 0.5) is 17.5 Å². The number of nitrogens with one attached hydrogen (secondary N) is 2. The summed E-state index contributed by atoms with van der Waals surface area (Å²) in [6.07, 6.45) is 4.63. The van der Waals surface area contributed by atoms with Gasteiger partial charge in [0, 0.05) is 32.1 Å². The fourth-order valence-corrected chi connectivity index (χ4v) is 1.72. The molecule has 0 radical (unpaired) electrons. The van der Waals surface area contributed by atoms with Crippen molar-refractivity contribution in [3.8, 4) is 0 Å². The van der Waals surface area contributed by atoms with Gasteiger partial charge >= 0.3 is 0 Å². The van der Waals surface area contributed by atoms with Gasteiger partial charge < -0.3 is 10.6 Å². The normalized spacial score (nSPS) is 10.4. The Labute approximate surface area is 106 Å². The molecule has 18 heavy (non-hydrogen) atoms. The molecule has 0 saturated carbocycles. The van der Waals surface area contributed by atoms with E-state index in [1.54, 1.807) is 17.9 Å². The molecule has 0 aliphatic carbocycles. The van der Waals surface area contributed by atoms with E-state index in [1.165, 1.54) is 0 Å². The van der Waals surface area contributed by atoms with Crippen molar-refractivity contribution in [2.75, 3.05) is 17.7 Å². The summed E-state index contributed by atoms with van der Waals surface area (Å²) in [5.74, 6) is 1.40. The maximum atomic E-state index is 4.40. The first-order valence-electron chi connectivity index (χ1n) is 5.95. The summed E-state index contributed by atoms with van der Waals surface area (Å²) >= 11 is 0. The Morgan fingerprint density at radius 3 is 2.83 bits per heavy atom. The van der Waals surface area contributed by atoms with Crippen LogP contribution < -0.4 is 10.6 Å². The van der Waals surface area contributed by atoms with Crippen molar-refractivity contribution in [1.82, 2.24) is 19.7 Å². The van der Waals surface area contributed by atoms with E-state index in [-0.39, 0.29) is 0 Å². The molecule has 0 spiro atoms. The highest BCUT2D eigenvalue weighted by Gasteiger charge is 2.09. The molecule has 0 amide bonds. The van der Waals surface area contributed by atoms with Crippen molar-refractivity contribution in [2.24, 2.45) is 7.05 Å². The van der Waals surface area contributed by atoms with Crippen molar-refractivity contribution < 1.29 is 0 Å². The molecule has 0 unspecified atom stereocenters. The van der Waals surface area contributed by atoms with E-state index in [2.05, 4.69) is 32.6 Å². The van der Waals surface area contributed by atoms with Gasteiger partial charge in [-0.25, -0.2) is 4.98 Å². The first kappa shape index (κ1) is 12.3. The quantitative estimate of drug-likeness (QED) is 0.862. The topological polar surface area (TPSA) is 67.7 Å². The maximum Gasteiger partial charge on any atom is 0.224 e. The van der Waals surface area contributed by atoms with Crippen LogP contribution in [-0.4, -0.2) is 26.8 Å². The molecule has 6 nitrogen and oxygen atoms in total. The number of aromatic nitrogens is 4. The number of hydrogen-bond acceptors (Lipinski definition) is 5. The van der Waals surface area contributed by atoms with Crippen molar-refractivity contribution in [3.05, 3.63) is 23.7 Å². The van der Waals surface area contributed by atoms with Gasteiger partial charge in [0.05, 0.1) is 11.4 Å². The third-order valence-electron chi connectivity index (χ3n) is 2.69. The molecule has 0 atom stereocenters. The predicted octanol–water partition coefficient (Wildman–Crippen LogP) is 1.87. The lowest BCUT2D eigenvalue weighted by Crippen LogP contribution is -2.03. The van der Waals surface area contributed by atoms with E-state index in [1.807, 2.05) is 20.2 Å². The molecule has 0 aliphatic rings. The van der Waals surface area contributed by atoms with Gasteiger partial charge in [0.25, 0.3) is 0 Å². The number of nitrogens with zero attached hydrogens (tertiary/aromatic N) is 4. The van der Waals surface area contributed by atoms with Gasteiger partial charge in [-0.05, 0) is 13.3 Å². The van der Waals surface area contributed by atoms with Gasteiger partial charge in [0.15, 0.2) is 0 Å². The van der Waals surface area contributed by atoms with E-state index in [0.717, 1.165) is 29.2 Å². The van der Waals surface area contributed by atoms with Gasteiger partial charge in [-0.3, -0.25) is 4.68 Å². The number of aryl methyl sites for hydroxylation is 3. The highest BCUT2D eigenvalue weighted by atomic mass is 15.3. The van der Waals surface area contributed by atoms with Crippen molar-refractivity contribution in [2.45, 2.75) is 20.3 Å². The van der Waals surface area contributed by atoms with Crippen LogP contribution in [0.3, 0.4) is 0 Å². The lowest BCUT2D eigenvalue weighted by Gasteiger charge is -2.09. The zero-order valence-electron chi connectivity index (χ0n) is 11.2. The van der Waals surface area contributed by atoms with Crippen LogP contribution in [0.5, 0.6) is 0 Å². The highest BCUT2D eigenvalue weighted by Crippen LogP contribution is 2.21. The zero-order chi connectivity index (χ0) is 13.1. The first-order chi connectivity index (χ1) is 8.63. The first-order valence-corrected chi connectivity index (χ1v) is 5.95. The molecule has 0 aromatic carbocycles. The van der Waals surface area contributed by atoms with Crippen LogP contribution in [0.25, 0.3) is 0 Å². The van der Waals surface area contributed by atoms with E-state index < -0.39 is 0 Å². The molecule has 2 heterocycles. The molecule has 6 heteroatoms. The van der Waals surface area contributed by atoms with E-state index in [0.29, 0.717) is 5.95 Å². The molecule has 2 aromatic heterocycles. The summed E-state index contributed by atoms with van der Waals surface area (Å²) in [4.78, 5) is 8.56. The minimum absolute atomic E-state index is 0.602. The second-order valence-corrected chi connectivity index (χ2v) is 4.12. The van der Waals surface area contributed by atoms with E-state index in [9.17, 15) is 0 Å². The average Bonchev–Trinajstić information content (AvgIpc) is 2.72. The summed E-state index contributed by atoms with van der Waals surface area (Å²) in [5, 5.41) is 10.6. The second-order valence-electron chi connectivity index (χ2n) is 4.12. The van der Waals surface area contributed by atoms with Crippen molar-refractivity contribution in [3.63, 3.8) is 0 Å². The molecule has 0 aliphatic heterocycles. The van der Waals surface area contributed by atoms with Gasteiger partial charge in [-0.2, -0.15) is 10.1 Å². The third kappa shape index (κ3) is 2.42. The average molecular weight is 246 g/mol. The number of rotatable bonds is 4. The Hall–Kier alpha value is -2.11. The molecule has 2 N–H and O–H groups in total. The van der Waals surface area contributed by atoms with Gasteiger partial charge in [-0.1, -0.05) is 6.92 Å². The Balaban J connectivity index is 2.32. The fourth-order valence-electron chi connectivity index (χ4n) is 1.72. The third-order valence-corrected chi connectivity index (χ3v) is 2.69. The number of anilines is 3. The smallest absolute Gasteiger partial charge is 0.224 e. The summed E-state index contributed by atoms with van der Waals surface area (Å²) < 4.78 is 1.80. The van der Waals surface area contributed by atoms with Crippen LogP contribution >= 0.6 is 0 Å². The molecule has 2 rings (SSSR count). The molecule has 0 saturated heterocycles. The van der Waals surface area contributed by atoms with Gasteiger partial charge in [0.1, 0.15) is 5.82 Å². The minimum Gasteiger partial charge on any atom is -0.357 e. The lowest BCUT2D eigenvalue weighted by atomic mass is 10.3. The van der Waals surface area contributed by atoms with Crippen molar-refractivity contribution >= 4 is 17.5 Å². The summed E-state index contributed by atoms with van der Waals surface area (Å²) in [7, 11) is 3.71. The Morgan fingerprint density at radius 1 is 1.39 bits per heavy atom. The van der Waals surface area contributed by atoms with Crippen LogP contribution in [0, 0.1) is 6.92 Å². The maximum absolute atomic E-state index is 4.40. The molecule has 0 bridgehead atoms. The fraction of sp³-hybridized carbons (Fsp3) is 0.417. The van der Waals surface area contributed by atoms with Crippen LogP contribution in [0.1, 0.15) is 18.2 Å². The van der Waals surface area contributed by atoms with Crippen LogP contribution in [0.15, 0.2) is 12.4 Å². The van der Waals surface area contributed by atoms with Gasteiger partial charge in [-0.15, -0.1) is 0 Å². The van der Waals surface area contributed by atoms with E-state index in [4.69, 9.17) is 0 Å². The molecular weight excluding hydrogens is 228 g/mol. The molecular formula is C12H18N6. The van der Waals surface area contributed by atoms with Gasteiger partial charge in [0.2, 0.25) is 5.95 Å². The SMILES string of the molecule is CCc1nn(C)cc1Nc1nc(NC)ncc1C. The van der Waals surface area contributed by atoms with E-state index >= 15 is 0 Å². The summed E-state index contributed by atoms with van der Waals surface area (Å²) in [6.45, 7) is 4.06.